The first kappa shape index (κ1) is 41.3. The zero-order chi connectivity index (χ0) is 40.9. The van der Waals surface area contributed by atoms with Crippen LogP contribution in [0.1, 0.15) is 43.2 Å². The number of alkyl halides is 6. The molecule has 0 spiro atoms. The highest BCUT2D eigenvalue weighted by Gasteiger charge is 2.30. The van der Waals surface area contributed by atoms with Crippen molar-refractivity contribution >= 4 is 57.5 Å². The molecule has 2 aromatic carbocycles. The fourth-order valence-electron chi connectivity index (χ4n) is 4.92. The second kappa shape index (κ2) is 16.9. The van der Waals surface area contributed by atoms with Crippen LogP contribution < -0.4 is 21.2 Å². The third-order valence-electron chi connectivity index (χ3n) is 7.78. The van der Waals surface area contributed by atoms with Crippen LogP contribution in [0.4, 0.5) is 26.3 Å². The molecule has 6 aromatic rings. The summed E-state index contributed by atoms with van der Waals surface area (Å²) in [6.07, 6.45) is -6.11. The summed E-state index contributed by atoms with van der Waals surface area (Å²) in [5, 5.41) is 19.0. The van der Waals surface area contributed by atoms with Crippen LogP contribution in [0.5, 0.6) is 11.5 Å². The number of hydrogen-bond acceptors (Lipinski definition) is 12. The minimum absolute atomic E-state index is 0.0858. The number of benzene rings is 2. The number of carbonyl (C=O) groups is 2. The number of carboxylic acids is 2. The van der Waals surface area contributed by atoms with E-state index in [0.717, 1.165) is 0 Å². The molecule has 22 heteroatoms. The monoisotopic (exact) mass is 824 g/mol. The lowest BCUT2D eigenvalue weighted by molar-refractivity contribution is -0.154. The molecule has 6 rings (SSSR count). The number of nitrogens with two attached hydrogens (primary N) is 2. The Morgan fingerprint density at radius 1 is 0.679 bits per heavy atom. The molecule has 0 fully saturated rings. The number of ether oxygens (including phenoxy) is 2. The molecule has 0 amide bonds. The lowest BCUT2D eigenvalue weighted by atomic mass is 10.2. The van der Waals surface area contributed by atoms with E-state index in [0.29, 0.717) is 66.4 Å². The number of halogens is 6. The Labute approximate surface area is 320 Å². The normalized spacial score (nSPS) is 11.7. The fraction of sp³-hybridized carbons (Fsp3) is 0.235. The van der Waals surface area contributed by atoms with Gasteiger partial charge in [0.1, 0.15) is 11.5 Å². The van der Waals surface area contributed by atoms with Crippen LogP contribution in [0.25, 0.3) is 22.1 Å². The van der Waals surface area contributed by atoms with Crippen molar-refractivity contribution in [3.05, 3.63) is 94.6 Å². The van der Waals surface area contributed by atoms with Crippen LogP contribution in [-0.4, -0.2) is 77.0 Å². The van der Waals surface area contributed by atoms with Crippen LogP contribution in [0, 0.1) is 13.8 Å². The standard InChI is InChI=1S/2C17H15F3N4O3S/c1-9-12(22-5-4-14(9)27-8-17(18,19)20)7-28-16-23-11-6-10(15(25)26)2-3-13(11)24(16)21;1-9-12(22-5-4-14(9)27-8-17(18,19)20)7-28-16-23-11-3-2-10(15(25)26)6-13(11)24(16)21/h2*2-6H,7-8,21H2,1H3,(H,25,26). The Hall–Kier alpha value is -5.90. The minimum Gasteiger partial charge on any atom is -0.484 e. The Morgan fingerprint density at radius 2 is 1.12 bits per heavy atom. The van der Waals surface area contributed by atoms with E-state index in [9.17, 15) is 35.9 Å². The second-order valence-electron chi connectivity index (χ2n) is 11.7. The quantitative estimate of drug-likeness (QED) is 0.0571. The highest BCUT2D eigenvalue weighted by atomic mass is 32.2. The van der Waals surface area contributed by atoms with E-state index >= 15 is 0 Å². The lowest BCUT2D eigenvalue weighted by Crippen LogP contribution is -2.19. The molecular formula is C34H30F6N8O6S2. The molecule has 56 heavy (non-hydrogen) atoms. The maximum Gasteiger partial charge on any atom is 0.422 e. The molecule has 14 nitrogen and oxygen atoms in total. The molecule has 0 aliphatic carbocycles. The molecule has 0 unspecified atom stereocenters. The highest BCUT2D eigenvalue weighted by molar-refractivity contribution is 7.98. The van der Waals surface area contributed by atoms with Crippen molar-refractivity contribution in [3.8, 4) is 11.5 Å². The van der Waals surface area contributed by atoms with Gasteiger partial charge >= 0.3 is 24.3 Å². The van der Waals surface area contributed by atoms with Gasteiger partial charge in [0.05, 0.1) is 44.6 Å². The number of imidazole rings is 2. The minimum atomic E-state index is -4.43. The molecule has 0 aliphatic heterocycles. The van der Waals surface area contributed by atoms with Gasteiger partial charge < -0.3 is 31.4 Å². The average Bonchev–Trinajstić information content (AvgIpc) is 3.63. The van der Waals surface area contributed by atoms with Crippen LogP contribution in [0.3, 0.4) is 0 Å². The molecule has 0 bridgehead atoms. The summed E-state index contributed by atoms with van der Waals surface area (Å²) in [6.45, 7) is 0.488. The highest BCUT2D eigenvalue weighted by Crippen LogP contribution is 2.31. The predicted molar refractivity (Wildman–Crippen MR) is 194 cm³/mol. The second-order valence-corrected chi connectivity index (χ2v) is 13.6. The van der Waals surface area contributed by atoms with E-state index in [-0.39, 0.29) is 22.6 Å². The van der Waals surface area contributed by atoms with E-state index in [1.807, 2.05) is 0 Å². The number of rotatable bonds is 12. The van der Waals surface area contributed by atoms with Crippen molar-refractivity contribution in [2.75, 3.05) is 24.9 Å². The Bertz CT molecular complexity index is 2330. The molecule has 6 N–H and O–H groups in total. The lowest BCUT2D eigenvalue weighted by Gasteiger charge is -2.13. The van der Waals surface area contributed by atoms with E-state index < -0.39 is 37.5 Å². The van der Waals surface area contributed by atoms with Gasteiger partial charge in [-0.15, -0.1) is 0 Å². The zero-order valence-corrected chi connectivity index (χ0v) is 30.7. The molecule has 0 aliphatic rings. The molecule has 296 valence electrons. The molecule has 0 saturated carbocycles. The molecule has 0 radical (unpaired) electrons. The molecular weight excluding hydrogens is 795 g/mol. The van der Waals surface area contributed by atoms with Crippen molar-refractivity contribution < 1.29 is 55.6 Å². The summed E-state index contributed by atoms with van der Waals surface area (Å²) in [4.78, 5) is 39.2. The fourth-order valence-corrected chi connectivity index (χ4v) is 6.84. The molecule has 4 heterocycles. The number of fused-ring (bicyclic) bond motifs is 2. The van der Waals surface area contributed by atoms with Crippen LogP contribution in [0.2, 0.25) is 0 Å². The van der Waals surface area contributed by atoms with Gasteiger partial charge in [-0.05, 0) is 62.4 Å². The van der Waals surface area contributed by atoms with Crippen molar-refractivity contribution in [3.63, 3.8) is 0 Å². The molecule has 0 saturated heterocycles. The number of nitrogen functional groups attached to an aromatic ring is 2. The van der Waals surface area contributed by atoms with Crippen LogP contribution in [0.15, 0.2) is 71.2 Å². The van der Waals surface area contributed by atoms with E-state index in [1.165, 1.54) is 81.7 Å². The van der Waals surface area contributed by atoms with Gasteiger partial charge in [-0.2, -0.15) is 26.3 Å². The topological polar surface area (TPSA) is 207 Å². The average molecular weight is 825 g/mol. The summed E-state index contributed by atoms with van der Waals surface area (Å²) < 4.78 is 86.4. The van der Waals surface area contributed by atoms with Gasteiger partial charge in [0, 0.05) is 35.0 Å². The number of hydrogen-bond donors (Lipinski definition) is 4. The smallest absolute Gasteiger partial charge is 0.422 e. The third kappa shape index (κ3) is 10.2. The summed E-state index contributed by atoms with van der Waals surface area (Å²) in [7, 11) is 0. The van der Waals surface area contributed by atoms with Crippen molar-refractivity contribution in [2.45, 2.75) is 48.0 Å². The van der Waals surface area contributed by atoms with Crippen LogP contribution in [-0.2, 0) is 11.5 Å². The number of nitrogens with zero attached hydrogens (tertiary/aromatic N) is 6. The van der Waals surface area contributed by atoms with Gasteiger partial charge in [0.15, 0.2) is 23.5 Å². The largest absolute Gasteiger partial charge is 0.484 e. The zero-order valence-electron chi connectivity index (χ0n) is 29.1. The van der Waals surface area contributed by atoms with Gasteiger partial charge in [-0.1, -0.05) is 23.5 Å². The maximum atomic E-state index is 12.4. The van der Waals surface area contributed by atoms with E-state index in [4.69, 9.17) is 31.4 Å². The number of pyridine rings is 2. The summed E-state index contributed by atoms with van der Waals surface area (Å²) in [5.41, 5.74) is 4.19. The number of aromatic carboxylic acids is 2. The van der Waals surface area contributed by atoms with Crippen LogP contribution >= 0.6 is 23.5 Å². The van der Waals surface area contributed by atoms with Crippen molar-refractivity contribution in [1.82, 2.24) is 29.3 Å². The van der Waals surface area contributed by atoms with Gasteiger partial charge in [-0.25, -0.2) is 28.9 Å². The van der Waals surface area contributed by atoms with Gasteiger partial charge in [0.2, 0.25) is 0 Å². The molecule has 4 aromatic heterocycles. The van der Waals surface area contributed by atoms with Gasteiger partial charge in [0.25, 0.3) is 0 Å². The number of thioether (sulfide) groups is 2. The summed E-state index contributed by atoms with van der Waals surface area (Å²) in [5.74, 6) is 10.7. The Kier molecular flexibility index (Phi) is 12.4. The van der Waals surface area contributed by atoms with Crippen molar-refractivity contribution in [2.24, 2.45) is 0 Å². The first-order valence-corrected chi connectivity index (χ1v) is 17.8. The number of carboxylic acid groups (broad SMARTS) is 2. The summed E-state index contributed by atoms with van der Waals surface area (Å²) >= 11 is 2.45. The first-order valence-electron chi connectivity index (χ1n) is 15.9. The maximum absolute atomic E-state index is 12.4. The molecule has 0 atom stereocenters. The Morgan fingerprint density at radius 3 is 1.61 bits per heavy atom. The first-order chi connectivity index (χ1) is 26.3. The van der Waals surface area contributed by atoms with E-state index in [1.54, 1.807) is 26.0 Å². The van der Waals surface area contributed by atoms with E-state index in [2.05, 4.69) is 19.9 Å². The summed E-state index contributed by atoms with van der Waals surface area (Å²) in [6, 6.07) is 11.6. The number of aromatic nitrogens is 6. The SMILES string of the molecule is Cc1c(OCC(F)(F)F)ccnc1CSc1nc2cc(C(=O)O)ccc2n1N.Cc1c(OCC(F)(F)F)ccnc1CSc1nc2ccc(C(=O)O)cc2n1N. The van der Waals surface area contributed by atoms with Crippen molar-refractivity contribution in [1.29, 1.82) is 0 Å². The van der Waals surface area contributed by atoms with Gasteiger partial charge in [-0.3, -0.25) is 9.97 Å². The predicted octanol–water partition coefficient (Wildman–Crippen LogP) is 6.77. The third-order valence-corrected chi connectivity index (χ3v) is 9.71. The Balaban J connectivity index is 0.000000214.